The molecular weight excluding hydrogens is 311 g/mol. The van der Waals surface area contributed by atoms with Crippen molar-refractivity contribution < 1.29 is 9.47 Å². The van der Waals surface area contributed by atoms with Gasteiger partial charge in [-0.3, -0.25) is 0 Å². The third-order valence-electron chi connectivity index (χ3n) is 3.19. The van der Waals surface area contributed by atoms with Gasteiger partial charge in [0.25, 0.3) is 0 Å². The Hall–Kier alpha value is -1.65. The Morgan fingerprint density at radius 2 is 2.05 bits per heavy atom. The third kappa shape index (κ3) is 2.74. The molecule has 3 rings (SSSR count). The number of pyridine rings is 1. The number of nitrogens with zero attached hydrogens (tertiary/aromatic N) is 1. The minimum absolute atomic E-state index is 0.171. The predicted molar refractivity (Wildman–Crippen MR) is 83.6 cm³/mol. The lowest BCUT2D eigenvalue weighted by Gasteiger charge is -2.18. The normalized spacial score (nSPS) is 15.4. The Morgan fingerprint density at radius 1 is 1.29 bits per heavy atom. The maximum atomic E-state index is 6.09. The topological polar surface area (TPSA) is 57.4 Å². The maximum Gasteiger partial charge on any atom is 0.240 e. The van der Waals surface area contributed by atoms with Gasteiger partial charge in [0, 0.05) is 12.0 Å². The first-order chi connectivity index (χ1) is 9.85. The van der Waals surface area contributed by atoms with Crippen LogP contribution in [0.1, 0.15) is 19.4 Å². The molecule has 0 unspecified atom stereocenters. The molecule has 0 fully saturated rings. The summed E-state index contributed by atoms with van der Waals surface area (Å²) in [5, 5.41) is 0.590. The minimum atomic E-state index is -0.252. The van der Waals surface area contributed by atoms with Gasteiger partial charge in [-0.15, -0.1) is 0 Å². The molecule has 2 heterocycles. The standard InChI is InChI=1S/C15H14Cl2N2O2/c1-15(2)7-8-4-3-5-11(12(8)21-15)20-14-10(17)6-9(16)13(18)19-14/h3-6H,7H2,1-2H3,(H2,18,19). The number of aromatic nitrogens is 1. The van der Waals surface area contributed by atoms with Crippen LogP contribution in [0.5, 0.6) is 17.4 Å². The van der Waals surface area contributed by atoms with E-state index in [1.165, 1.54) is 6.07 Å². The molecule has 0 radical (unpaired) electrons. The van der Waals surface area contributed by atoms with E-state index in [9.17, 15) is 0 Å². The predicted octanol–water partition coefficient (Wildman–Crippen LogP) is 4.48. The van der Waals surface area contributed by atoms with Gasteiger partial charge in [-0.25, -0.2) is 0 Å². The van der Waals surface area contributed by atoms with Crippen LogP contribution >= 0.6 is 23.2 Å². The maximum absolute atomic E-state index is 6.09. The van der Waals surface area contributed by atoms with E-state index >= 15 is 0 Å². The van der Waals surface area contributed by atoms with Gasteiger partial charge in [-0.2, -0.15) is 4.98 Å². The SMILES string of the molecule is CC1(C)Cc2cccc(Oc3nc(N)c(Cl)cc3Cl)c2O1. The second-order valence-corrected chi connectivity index (χ2v) is 6.34. The van der Waals surface area contributed by atoms with Crippen molar-refractivity contribution in [2.45, 2.75) is 25.9 Å². The Bertz CT molecular complexity index is 717. The number of benzene rings is 1. The summed E-state index contributed by atoms with van der Waals surface area (Å²) in [6, 6.07) is 7.24. The number of hydrogen-bond donors (Lipinski definition) is 1. The molecule has 1 aliphatic heterocycles. The molecule has 4 nitrogen and oxygen atoms in total. The molecule has 1 aromatic heterocycles. The van der Waals surface area contributed by atoms with Crippen LogP contribution in [-0.2, 0) is 6.42 Å². The zero-order chi connectivity index (χ0) is 15.2. The van der Waals surface area contributed by atoms with E-state index in [2.05, 4.69) is 4.98 Å². The molecule has 0 aliphatic carbocycles. The molecule has 0 saturated carbocycles. The molecule has 1 aromatic carbocycles. The lowest BCUT2D eigenvalue weighted by Crippen LogP contribution is -2.24. The highest BCUT2D eigenvalue weighted by Crippen LogP contribution is 2.44. The first kappa shape index (κ1) is 14.3. The molecule has 1 aliphatic rings. The van der Waals surface area contributed by atoms with Gasteiger partial charge in [0.15, 0.2) is 11.5 Å². The molecule has 0 saturated heterocycles. The monoisotopic (exact) mass is 324 g/mol. The molecule has 0 spiro atoms. The van der Waals surface area contributed by atoms with E-state index in [4.69, 9.17) is 38.4 Å². The zero-order valence-electron chi connectivity index (χ0n) is 11.6. The van der Waals surface area contributed by atoms with Crippen molar-refractivity contribution in [3.05, 3.63) is 39.9 Å². The number of nitrogens with two attached hydrogens (primary N) is 1. The van der Waals surface area contributed by atoms with E-state index in [0.29, 0.717) is 21.5 Å². The highest BCUT2D eigenvalue weighted by atomic mass is 35.5. The summed E-state index contributed by atoms with van der Waals surface area (Å²) in [5.41, 5.74) is 6.53. The summed E-state index contributed by atoms with van der Waals surface area (Å²) in [6.45, 7) is 4.06. The Kier molecular flexibility index (Phi) is 3.38. The van der Waals surface area contributed by atoms with Crippen LogP contribution in [0.25, 0.3) is 0 Å². The largest absolute Gasteiger partial charge is 0.483 e. The van der Waals surface area contributed by atoms with Gasteiger partial charge >= 0.3 is 0 Å². The Balaban J connectivity index is 1.98. The van der Waals surface area contributed by atoms with Gasteiger partial charge in [0.05, 0.1) is 5.02 Å². The van der Waals surface area contributed by atoms with Crippen molar-refractivity contribution in [3.8, 4) is 17.4 Å². The number of para-hydroxylation sites is 1. The molecule has 0 atom stereocenters. The van der Waals surface area contributed by atoms with Gasteiger partial charge in [0.1, 0.15) is 16.4 Å². The van der Waals surface area contributed by atoms with Crippen molar-refractivity contribution in [1.82, 2.24) is 4.98 Å². The lowest BCUT2D eigenvalue weighted by atomic mass is 10.0. The quantitative estimate of drug-likeness (QED) is 0.885. The van der Waals surface area contributed by atoms with E-state index < -0.39 is 0 Å². The molecule has 2 aromatic rings. The average molecular weight is 325 g/mol. The summed E-state index contributed by atoms with van der Waals surface area (Å²) < 4.78 is 11.7. The zero-order valence-corrected chi connectivity index (χ0v) is 13.1. The molecule has 0 bridgehead atoms. The number of ether oxygens (including phenoxy) is 2. The van der Waals surface area contributed by atoms with Crippen LogP contribution in [0.2, 0.25) is 10.0 Å². The third-order valence-corrected chi connectivity index (χ3v) is 3.76. The first-order valence-electron chi connectivity index (χ1n) is 6.46. The van der Waals surface area contributed by atoms with Crippen molar-refractivity contribution in [1.29, 1.82) is 0 Å². The van der Waals surface area contributed by atoms with Gasteiger partial charge in [0.2, 0.25) is 5.88 Å². The van der Waals surface area contributed by atoms with Crippen LogP contribution in [0.4, 0.5) is 5.82 Å². The fraction of sp³-hybridized carbons (Fsp3) is 0.267. The van der Waals surface area contributed by atoms with Gasteiger partial charge < -0.3 is 15.2 Å². The molecule has 2 N–H and O–H groups in total. The Labute approximate surface area is 132 Å². The van der Waals surface area contributed by atoms with Crippen LogP contribution in [0.3, 0.4) is 0 Å². The Morgan fingerprint density at radius 3 is 2.81 bits per heavy atom. The molecule has 0 amide bonds. The van der Waals surface area contributed by atoms with Crippen molar-refractivity contribution in [2.24, 2.45) is 0 Å². The number of hydrogen-bond acceptors (Lipinski definition) is 4. The molecule has 21 heavy (non-hydrogen) atoms. The van der Waals surface area contributed by atoms with Gasteiger partial charge in [-0.1, -0.05) is 35.3 Å². The summed E-state index contributed by atoms with van der Waals surface area (Å²) >= 11 is 12.0. The summed E-state index contributed by atoms with van der Waals surface area (Å²) in [4.78, 5) is 4.07. The van der Waals surface area contributed by atoms with Gasteiger partial charge in [-0.05, 0) is 26.0 Å². The van der Waals surface area contributed by atoms with Crippen LogP contribution < -0.4 is 15.2 Å². The fourth-order valence-electron chi connectivity index (χ4n) is 2.31. The smallest absolute Gasteiger partial charge is 0.240 e. The summed E-state index contributed by atoms with van der Waals surface area (Å²) in [5.74, 6) is 1.66. The second-order valence-electron chi connectivity index (χ2n) is 5.53. The number of fused-ring (bicyclic) bond motifs is 1. The van der Waals surface area contributed by atoms with E-state index in [1.807, 2.05) is 32.0 Å². The van der Waals surface area contributed by atoms with Crippen LogP contribution in [-0.4, -0.2) is 10.6 Å². The average Bonchev–Trinajstić information content (AvgIpc) is 2.71. The minimum Gasteiger partial charge on any atom is -0.483 e. The second kappa shape index (κ2) is 4.97. The fourth-order valence-corrected chi connectivity index (χ4v) is 2.70. The van der Waals surface area contributed by atoms with Crippen LogP contribution in [0, 0.1) is 0 Å². The van der Waals surface area contributed by atoms with Crippen LogP contribution in [0.15, 0.2) is 24.3 Å². The van der Waals surface area contributed by atoms with E-state index in [-0.39, 0.29) is 17.3 Å². The highest BCUT2D eigenvalue weighted by molar-refractivity contribution is 6.36. The van der Waals surface area contributed by atoms with Crippen molar-refractivity contribution in [2.75, 3.05) is 5.73 Å². The number of halogens is 2. The number of rotatable bonds is 2. The van der Waals surface area contributed by atoms with Crippen molar-refractivity contribution in [3.63, 3.8) is 0 Å². The number of nitrogen functional groups attached to an aromatic ring is 1. The summed E-state index contributed by atoms with van der Waals surface area (Å²) in [7, 11) is 0. The van der Waals surface area contributed by atoms with E-state index in [1.54, 1.807) is 0 Å². The van der Waals surface area contributed by atoms with Crippen molar-refractivity contribution >= 4 is 29.0 Å². The van der Waals surface area contributed by atoms with E-state index in [0.717, 1.165) is 12.0 Å². The molecule has 110 valence electrons. The molecular formula is C15H14Cl2N2O2. The molecule has 6 heteroatoms. The summed E-state index contributed by atoms with van der Waals surface area (Å²) in [6.07, 6.45) is 0.823. The highest BCUT2D eigenvalue weighted by Gasteiger charge is 2.32. The lowest BCUT2D eigenvalue weighted by molar-refractivity contribution is 0.135. The number of anilines is 1. The first-order valence-corrected chi connectivity index (χ1v) is 7.21.